The van der Waals surface area contributed by atoms with Gasteiger partial charge in [-0.3, -0.25) is 4.99 Å². The maximum absolute atomic E-state index is 5.28. The Balaban J connectivity index is 1.19. The van der Waals surface area contributed by atoms with E-state index in [2.05, 4.69) is 55.0 Å². The lowest BCUT2D eigenvalue weighted by Gasteiger charge is -2.37. The van der Waals surface area contributed by atoms with Crippen LogP contribution >= 0.6 is 11.8 Å². The van der Waals surface area contributed by atoms with Crippen LogP contribution in [0.4, 0.5) is 17.3 Å². The van der Waals surface area contributed by atoms with Crippen LogP contribution in [0.15, 0.2) is 40.5 Å². The molecule has 3 aliphatic heterocycles. The lowest BCUT2D eigenvalue weighted by molar-refractivity contribution is -0.0111. The minimum absolute atomic E-state index is 0.546. The zero-order valence-corrected chi connectivity index (χ0v) is 19.4. The predicted molar refractivity (Wildman–Crippen MR) is 132 cm³/mol. The van der Waals surface area contributed by atoms with Crippen molar-refractivity contribution in [2.45, 2.75) is 48.4 Å². The fraction of sp³-hybridized carbons (Fsp3) is 0.542. The van der Waals surface area contributed by atoms with Crippen LogP contribution in [0.3, 0.4) is 0 Å². The van der Waals surface area contributed by atoms with Gasteiger partial charge in [-0.2, -0.15) is 0 Å². The van der Waals surface area contributed by atoms with Crippen molar-refractivity contribution < 1.29 is 4.74 Å². The predicted octanol–water partition coefficient (Wildman–Crippen LogP) is 3.66. The Kier molecular flexibility index (Phi) is 6.90. The highest BCUT2D eigenvalue weighted by atomic mass is 32.2. The number of aliphatic imine (C=N–C) groups is 1. The summed E-state index contributed by atoms with van der Waals surface area (Å²) in [6, 6.07) is 7.65. The van der Waals surface area contributed by atoms with E-state index in [1.165, 1.54) is 18.4 Å². The van der Waals surface area contributed by atoms with Gasteiger partial charge in [0.1, 0.15) is 11.6 Å². The number of aromatic nitrogens is 2. The lowest BCUT2D eigenvalue weighted by atomic mass is 10.0. The fourth-order valence-corrected chi connectivity index (χ4v) is 5.51. The number of pyridine rings is 2. The molecule has 3 fully saturated rings. The maximum atomic E-state index is 5.28. The molecule has 2 aromatic heterocycles. The molecule has 5 heterocycles. The maximum Gasteiger partial charge on any atom is 0.129 e. The molecule has 2 aromatic rings. The van der Waals surface area contributed by atoms with Crippen LogP contribution in [-0.4, -0.2) is 68.2 Å². The monoisotopic (exact) mass is 452 g/mol. The fourth-order valence-electron chi connectivity index (χ4n) is 4.56. The van der Waals surface area contributed by atoms with Crippen molar-refractivity contribution in [2.24, 2.45) is 4.99 Å². The van der Waals surface area contributed by atoms with E-state index in [0.717, 1.165) is 80.2 Å². The van der Waals surface area contributed by atoms with E-state index < -0.39 is 0 Å². The minimum Gasteiger partial charge on any atom is -0.378 e. The smallest absolute Gasteiger partial charge is 0.129 e. The Morgan fingerprint density at radius 1 is 1.00 bits per heavy atom. The van der Waals surface area contributed by atoms with Gasteiger partial charge < -0.3 is 19.9 Å². The second-order valence-corrected chi connectivity index (χ2v) is 9.86. The molecule has 0 amide bonds. The van der Waals surface area contributed by atoms with E-state index in [1.807, 2.05) is 12.4 Å². The summed E-state index contributed by atoms with van der Waals surface area (Å²) in [6.45, 7) is 9.74. The molecule has 0 bridgehead atoms. The van der Waals surface area contributed by atoms with Gasteiger partial charge in [-0.15, -0.1) is 11.8 Å². The summed E-state index contributed by atoms with van der Waals surface area (Å²) in [5.74, 6) is 2.99. The van der Waals surface area contributed by atoms with Crippen LogP contribution in [0, 0.1) is 0 Å². The molecule has 1 N–H and O–H groups in total. The Bertz CT molecular complexity index is 905. The first-order chi connectivity index (χ1) is 15.8. The van der Waals surface area contributed by atoms with E-state index in [9.17, 15) is 0 Å². The first kappa shape index (κ1) is 21.7. The molecule has 8 heteroatoms. The van der Waals surface area contributed by atoms with Gasteiger partial charge in [-0.1, -0.05) is 6.07 Å². The number of hydrogen-bond acceptors (Lipinski definition) is 8. The third kappa shape index (κ3) is 5.08. The van der Waals surface area contributed by atoms with Crippen LogP contribution in [-0.2, 0) is 10.5 Å². The number of hydrogen-bond donors (Lipinski definition) is 1. The second-order valence-electron chi connectivity index (χ2n) is 8.84. The first-order valence-electron chi connectivity index (χ1n) is 11.7. The van der Waals surface area contributed by atoms with Crippen LogP contribution < -0.4 is 15.1 Å². The minimum atomic E-state index is 0.546. The third-order valence-electron chi connectivity index (χ3n) is 6.56. The molecule has 7 nitrogen and oxygen atoms in total. The van der Waals surface area contributed by atoms with Gasteiger partial charge in [0.15, 0.2) is 0 Å². The Hall–Kier alpha value is -2.16. The Morgan fingerprint density at radius 3 is 2.41 bits per heavy atom. The number of anilines is 2. The summed E-state index contributed by atoms with van der Waals surface area (Å²) in [7, 11) is 0. The van der Waals surface area contributed by atoms with Gasteiger partial charge in [0.05, 0.1) is 31.1 Å². The molecule has 0 radical (unpaired) electrons. The highest BCUT2D eigenvalue weighted by Crippen LogP contribution is 2.34. The second kappa shape index (κ2) is 10.2. The van der Waals surface area contributed by atoms with E-state index in [0.29, 0.717) is 12.1 Å². The molecule has 0 saturated carbocycles. The van der Waals surface area contributed by atoms with Crippen molar-refractivity contribution in [1.82, 2.24) is 15.3 Å². The lowest BCUT2D eigenvalue weighted by Crippen LogP contribution is -2.53. The highest BCUT2D eigenvalue weighted by molar-refractivity contribution is 7.98. The van der Waals surface area contributed by atoms with Crippen molar-refractivity contribution in [3.8, 4) is 0 Å². The van der Waals surface area contributed by atoms with Crippen LogP contribution in [0.25, 0.3) is 0 Å². The number of piperidine rings is 1. The number of thioether (sulfide) groups is 1. The SMILES string of the molecule is C=Nc1cnc(N2CCC(NC3COC3)CC2)cc1SCc1ccc(N2CCCC2)nc1. The summed E-state index contributed by atoms with van der Waals surface area (Å²) in [6.07, 6.45) is 8.67. The van der Waals surface area contributed by atoms with Gasteiger partial charge in [0.2, 0.25) is 0 Å². The van der Waals surface area contributed by atoms with Crippen LogP contribution in [0.1, 0.15) is 31.2 Å². The third-order valence-corrected chi connectivity index (χ3v) is 7.68. The molecular weight excluding hydrogens is 420 g/mol. The molecule has 170 valence electrons. The average Bonchev–Trinajstić information content (AvgIpc) is 3.36. The van der Waals surface area contributed by atoms with E-state index in [1.54, 1.807) is 11.8 Å². The number of rotatable bonds is 8. The van der Waals surface area contributed by atoms with Crippen molar-refractivity contribution in [2.75, 3.05) is 49.2 Å². The Morgan fingerprint density at radius 2 is 1.75 bits per heavy atom. The summed E-state index contributed by atoms with van der Waals surface area (Å²) in [5.41, 5.74) is 2.07. The molecule has 3 aliphatic rings. The summed E-state index contributed by atoms with van der Waals surface area (Å²) < 4.78 is 5.28. The number of nitrogens with one attached hydrogen (secondary N) is 1. The molecule has 0 atom stereocenters. The van der Waals surface area contributed by atoms with Crippen LogP contribution in [0.5, 0.6) is 0 Å². The van der Waals surface area contributed by atoms with E-state index in [-0.39, 0.29) is 0 Å². The van der Waals surface area contributed by atoms with Crippen molar-refractivity contribution in [3.63, 3.8) is 0 Å². The van der Waals surface area contributed by atoms with Crippen molar-refractivity contribution in [1.29, 1.82) is 0 Å². The van der Waals surface area contributed by atoms with Crippen molar-refractivity contribution >= 4 is 35.8 Å². The standard InChI is InChI=1S/C24H32N6OS/c1-25-21-14-27-24(30-10-6-19(7-11-30)28-20-15-31-16-20)12-22(21)32-17-18-4-5-23(26-13-18)29-8-2-3-9-29/h4-5,12-14,19-20,28H,1-3,6-11,15-17H2. The van der Waals surface area contributed by atoms with Gasteiger partial charge >= 0.3 is 0 Å². The van der Waals surface area contributed by atoms with Crippen molar-refractivity contribution in [3.05, 3.63) is 36.2 Å². The average molecular weight is 453 g/mol. The number of ether oxygens (including phenoxy) is 1. The molecule has 32 heavy (non-hydrogen) atoms. The quantitative estimate of drug-likeness (QED) is 0.484. The normalized spacial score (nSPS) is 19.9. The molecular formula is C24H32N6OS. The van der Waals surface area contributed by atoms with E-state index in [4.69, 9.17) is 4.74 Å². The zero-order chi connectivity index (χ0) is 21.8. The van der Waals surface area contributed by atoms with Gasteiger partial charge in [-0.05, 0) is 50.1 Å². The number of nitrogens with zero attached hydrogens (tertiary/aromatic N) is 5. The summed E-state index contributed by atoms with van der Waals surface area (Å²) in [5, 5.41) is 3.71. The largest absolute Gasteiger partial charge is 0.378 e. The van der Waals surface area contributed by atoms with Gasteiger partial charge in [0, 0.05) is 49.1 Å². The topological polar surface area (TPSA) is 65.9 Å². The van der Waals surface area contributed by atoms with Gasteiger partial charge in [0.25, 0.3) is 0 Å². The summed E-state index contributed by atoms with van der Waals surface area (Å²) >= 11 is 1.78. The zero-order valence-electron chi connectivity index (χ0n) is 18.6. The van der Waals surface area contributed by atoms with Gasteiger partial charge in [-0.25, -0.2) is 9.97 Å². The molecule has 0 aliphatic carbocycles. The summed E-state index contributed by atoms with van der Waals surface area (Å²) in [4.78, 5) is 19.4. The molecule has 5 rings (SSSR count). The molecule has 3 saturated heterocycles. The Labute approximate surface area is 194 Å². The molecule has 0 unspecified atom stereocenters. The van der Waals surface area contributed by atoms with Crippen LogP contribution in [0.2, 0.25) is 0 Å². The highest BCUT2D eigenvalue weighted by Gasteiger charge is 2.26. The molecule has 0 spiro atoms. The molecule has 0 aromatic carbocycles. The van der Waals surface area contributed by atoms with E-state index >= 15 is 0 Å². The first-order valence-corrected chi connectivity index (χ1v) is 12.7.